The molecule has 0 aliphatic heterocycles. The van der Waals surface area contributed by atoms with Crippen LogP contribution in [0.15, 0.2) is 24.3 Å². The molecule has 0 saturated carbocycles. The summed E-state index contributed by atoms with van der Waals surface area (Å²) >= 11 is 0. The Kier molecular flexibility index (Phi) is 5.07. The lowest BCUT2D eigenvalue weighted by molar-refractivity contribution is -0.138. The molecule has 0 bridgehead atoms. The van der Waals surface area contributed by atoms with Gasteiger partial charge in [-0.05, 0) is 45.4 Å². The number of carboxylic acids is 1. The average Bonchev–Trinajstić information content (AvgIpc) is 2.78. The molecule has 0 spiro atoms. The van der Waals surface area contributed by atoms with Crippen LogP contribution in [0, 0.1) is 13.8 Å². The summed E-state index contributed by atoms with van der Waals surface area (Å²) in [5, 5.41) is 16.3. The normalized spacial score (nSPS) is 13.4. The summed E-state index contributed by atoms with van der Waals surface area (Å²) in [6, 6.07) is 6.95. The zero-order valence-electron chi connectivity index (χ0n) is 14.6. The number of aromatic nitrogens is 2. The van der Waals surface area contributed by atoms with E-state index in [1.807, 2.05) is 27.8 Å². The quantitative estimate of drug-likeness (QED) is 0.883. The van der Waals surface area contributed by atoms with Gasteiger partial charge in [0, 0.05) is 24.0 Å². The second-order valence-electron chi connectivity index (χ2n) is 6.10. The molecule has 2 N–H and O–H groups in total. The van der Waals surface area contributed by atoms with Gasteiger partial charge in [0.25, 0.3) is 0 Å². The number of carbonyl (C=O) groups excluding carboxylic acids is 1. The fourth-order valence-electron chi connectivity index (χ4n) is 2.83. The van der Waals surface area contributed by atoms with E-state index in [1.165, 1.54) is 0 Å². The van der Waals surface area contributed by atoms with Crippen molar-refractivity contribution in [2.75, 3.05) is 5.32 Å². The zero-order chi connectivity index (χ0) is 18.0. The summed E-state index contributed by atoms with van der Waals surface area (Å²) in [4.78, 5) is 23.7. The van der Waals surface area contributed by atoms with Crippen molar-refractivity contribution in [1.82, 2.24) is 9.78 Å². The molecule has 2 unspecified atom stereocenters. The van der Waals surface area contributed by atoms with Gasteiger partial charge in [-0.25, -0.2) is 0 Å². The summed E-state index contributed by atoms with van der Waals surface area (Å²) in [5.41, 5.74) is 3.97. The number of aryl methyl sites for hydroxylation is 2. The van der Waals surface area contributed by atoms with Crippen LogP contribution in [-0.2, 0) is 16.6 Å². The van der Waals surface area contributed by atoms with Crippen LogP contribution < -0.4 is 5.32 Å². The molecule has 6 nitrogen and oxygen atoms in total. The Morgan fingerprint density at radius 2 is 1.88 bits per heavy atom. The molecule has 0 fully saturated rings. The van der Waals surface area contributed by atoms with Crippen LogP contribution in [0.1, 0.15) is 48.2 Å². The maximum Gasteiger partial charge on any atom is 0.310 e. The summed E-state index contributed by atoms with van der Waals surface area (Å²) in [7, 11) is 1.85. The van der Waals surface area contributed by atoms with Gasteiger partial charge in [0.1, 0.15) is 0 Å². The fourth-order valence-corrected chi connectivity index (χ4v) is 2.83. The van der Waals surface area contributed by atoms with Gasteiger partial charge in [-0.3, -0.25) is 14.3 Å². The Labute approximate surface area is 141 Å². The lowest BCUT2D eigenvalue weighted by Gasteiger charge is -2.14. The molecule has 2 atom stereocenters. The maximum atomic E-state index is 12.6. The van der Waals surface area contributed by atoms with Crippen LogP contribution >= 0.6 is 0 Å². The van der Waals surface area contributed by atoms with Gasteiger partial charge in [-0.15, -0.1) is 0 Å². The highest BCUT2D eigenvalue weighted by atomic mass is 16.4. The van der Waals surface area contributed by atoms with Gasteiger partial charge in [0.05, 0.1) is 17.5 Å². The monoisotopic (exact) mass is 329 g/mol. The number of hydrogen-bond donors (Lipinski definition) is 2. The molecule has 0 aliphatic carbocycles. The molecular weight excluding hydrogens is 306 g/mol. The number of aliphatic carboxylic acids is 1. The second-order valence-corrected chi connectivity index (χ2v) is 6.10. The van der Waals surface area contributed by atoms with Crippen molar-refractivity contribution in [3.63, 3.8) is 0 Å². The number of anilines is 1. The summed E-state index contributed by atoms with van der Waals surface area (Å²) in [6.07, 6.45) is 0. The van der Waals surface area contributed by atoms with Gasteiger partial charge < -0.3 is 10.4 Å². The summed E-state index contributed by atoms with van der Waals surface area (Å²) in [6.45, 7) is 7.29. The maximum absolute atomic E-state index is 12.6. The van der Waals surface area contributed by atoms with Crippen LogP contribution in [0.4, 0.5) is 5.69 Å². The molecule has 0 saturated heterocycles. The van der Waals surface area contributed by atoms with Crippen LogP contribution in [-0.4, -0.2) is 26.8 Å². The molecule has 128 valence electrons. The number of nitrogens with one attached hydrogen (secondary N) is 1. The van der Waals surface area contributed by atoms with Crippen molar-refractivity contribution in [3.8, 4) is 0 Å². The van der Waals surface area contributed by atoms with Crippen LogP contribution in [0.2, 0.25) is 0 Å². The van der Waals surface area contributed by atoms with Crippen molar-refractivity contribution in [3.05, 3.63) is 46.8 Å². The Hall–Kier alpha value is -2.63. The van der Waals surface area contributed by atoms with Gasteiger partial charge >= 0.3 is 5.97 Å². The highest BCUT2D eigenvalue weighted by Crippen LogP contribution is 2.25. The Balaban J connectivity index is 2.20. The first kappa shape index (κ1) is 17.7. The van der Waals surface area contributed by atoms with Crippen molar-refractivity contribution in [2.45, 2.75) is 39.5 Å². The third-order valence-corrected chi connectivity index (χ3v) is 4.42. The predicted molar refractivity (Wildman–Crippen MR) is 92.2 cm³/mol. The molecule has 1 heterocycles. The lowest BCUT2D eigenvalue weighted by atomic mass is 9.97. The highest BCUT2D eigenvalue weighted by Gasteiger charge is 2.23. The number of carbonyl (C=O) groups is 2. The van der Waals surface area contributed by atoms with E-state index in [4.69, 9.17) is 5.11 Å². The number of hydrogen-bond acceptors (Lipinski definition) is 3. The van der Waals surface area contributed by atoms with Gasteiger partial charge in [0.2, 0.25) is 5.91 Å². The van der Waals surface area contributed by atoms with Crippen LogP contribution in [0.3, 0.4) is 0 Å². The first-order valence-electron chi connectivity index (χ1n) is 7.86. The largest absolute Gasteiger partial charge is 0.481 e. The van der Waals surface area contributed by atoms with Gasteiger partial charge in [0.15, 0.2) is 0 Å². The number of carboxylic acid groups (broad SMARTS) is 1. The molecule has 0 aliphatic rings. The first-order chi connectivity index (χ1) is 11.2. The molecular formula is C18H23N3O3. The lowest BCUT2D eigenvalue weighted by Crippen LogP contribution is -2.20. The Morgan fingerprint density at radius 1 is 1.21 bits per heavy atom. The Morgan fingerprint density at radius 3 is 2.42 bits per heavy atom. The van der Waals surface area contributed by atoms with Gasteiger partial charge in [-0.1, -0.05) is 12.1 Å². The van der Waals surface area contributed by atoms with E-state index in [0.717, 1.165) is 17.0 Å². The topological polar surface area (TPSA) is 84.2 Å². The molecule has 2 aromatic rings. The minimum atomic E-state index is -0.895. The second kappa shape index (κ2) is 6.86. The van der Waals surface area contributed by atoms with E-state index in [-0.39, 0.29) is 11.8 Å². The summed E-state index contributed by atoms with van der Waals surface area (Å²) in [5.74, 6) is -2.01. The molecule has 1 amide bonds. The van der Waals surface area contributed by atoms with E-state index < -0.39 is 11.9 Å². The third kappa shape index (κ3) is 3.48. The van der Waals surface area contributed by atoms with Crippen molar-refractivity contribution < 1.29 is 14.7 Å². The minimum absolute atomic E-state index is 0.144. The molecule has 0 radical (unpaired) electrons. The van der Waals surface area contributed by atoms with E-state index in [2.05, 4.69) is 10.4 Å². The number of rotatable bonds is 5. The van der Waals surface area contributed by atoms with Crippen molar-refractivity contribution in [2.24, 2.45) is 7.05 Å². The standard InChI is InChI=1S/C18H23N3O3/c1-10(18(23)24)14-7-6-8-15(9-14)19-17(22)11(2)16-12(3)20-21(5)13(16)4/h6-11H,1-5H3,(H,19,22)(H,23,24). The van der Waals surface area contributed by atoms with Crippen LogP contribution in [0.25, 0.3) is 0 Å². The first-order valence-corrected chi connectivity index (χ1v) is 7.86. The molecule has 24 heavy (non-hydrogen) atoms. The van der Waals surface area contributed by atoms with E-state index >= 15 is 0 Å². The summed E-state index contributed by atoms with van der Waals surface area (Å²) < 4.78 is 1.77. The number of amides is 1. The van der Waals surface area contributed by atoms with E-state index in [0.29, 0.717) is 11.3 Å². The fraction of sp³-hybridized carbons (Fsp3) is 0.389. The van der Waals surface area contributed by atoms with Crippen LogP contribution in [0.5, 0.6) is 0 Å². The Bertz CT molecular complexity index is 780. The van der Waals surface area contributed by atoms with E-state index in [9.17, 15) is 9.59 Å². The smallest absolute Gasteiger partial charge is 0.310 e. The van der Waals surface area contributed by atoms with Crippen molar-refractivity contribution in [1.29, 1.82) is 0 Å². The predicted octanol–water partition coefficient (Wildman–Crippen LogP) is 2.97. The number of benzene rings is 1. The zero-order valence-corrected chi connectivity index (χ0v) is 14.6. The molecule has 6 heteroatoms. The average molecular weight is 329 g/mol. The number of nitrogens with zero attached hydrogens (tertiary/aromatic N) is 2. The van der Waals surface area contributed by atoms with Crippen molar-refractivity contribution >= 4 is 17.6 Å². The molecule has 1 aromatic heterocycles. The highest BCUT2D eigenvalue weighted by molar-refractivity contribution is 5.96. The third-order valence-electron chi connectivity index (χ3n) is 4.42. The van der Waals surface area contributed by atoms with E-state index in [1.54, 1.807) is 35.9 Å². The van der Waals surface area contributed by atoms with Gasteiger partial charge in [-0.2, -0.15) is 5.10 Å². The molecule has 2 rings (SSSR count). The minimum Gasteiger partial charge on any atom is -0.481 e. The molecule has 1 aromatic carbocycles. The SMILES string of the molecule is Cc1nn(C)c(C)c1C(C)C(=O)Nc1cccc(C(C)C(=O)O)c1.